The molecule has 0 bridgehead atoms. The van der Waals surface area contributed by atoms with Crippen molar-refractivity contribution in [2.24, 2.45) is 0 Å². The molecule has 0 spiro atoms. The minimum absolute atomic E-state index is 0.0241. The molecule has 104 valence electrons. The molecule has 1 heterocycles. The normalized spacial score (nSPS) is 10.2. The molecule has 0 atom stereocenters. The Balaban J connectivity index is 1.85. The molecule has 0 saturated carbocycles. The van der Waals surface area contributed by atoms with Gasteiger partial charge >= 0.3 is 5.97 Å². The highest BCUT2D eigenvalue weighted by Gasteiger charge is 2.08. The Morgan fingerprint density at radius 2 is 1.95 bits per heavy atom. The van der Waals surface area contributed by atoms with E-state index < -0.39 is 5.97 Å². The molecule has 0 radical (unpaired) electrons. The van der Waals surface area contributed by atoms with Gasteiger partial charge in [0.15, 0.2) is 5.69 Å². The van der Waals surface area contributed by atoms with Gasteiger partial charge in [0.2, 0.25) is 5.91 Å². The molecule has 0 aliphatic rings. The minimum Gasteiger partial charge on any atom is -0.476 e. The highest BCUT2D eigenvalue weighted by atomic mass is 16.4. The van der Waals surface area contributed by atoms with Crippen molar-refractivity contribution in [1.29, 1.82) is 0 Å². The van der Waals surface area contributed by atoms with E-state index in [2.05, 4.69) is 10.4 Å². The summed E-state index contributed by atoms with van der Waals surface area (Å²) in [7, 11) is 0. The maximum Gasteiger partial charge on any atom is 0.356 e. The summed E-state index contributed by atoms with van der Waals surface area (Å²) in [5.41, 5.74) is 1.84. The van der Waals surface area contributed by atoms with E-state index in [0.29, 0.717) is 6.54 Å². The van der Waals surface area contributed by atoms with Crippen LogP contribution in [0.5, 0.6) is 0 Å². The average Bonchev–Trinajstić information content (AvgIpc) is 2.88. The van der Waals surface area contributed by atoms with Crippen LogP contribution in [0.15, 0.2) is 36.5 Å². The lowest BCUT2D eigenvalue weighted by Crippen LogP contribution is -2.15. The van der Waals surface area contributed by atoms with Gasteiger partial charge in [-0.25, -0.2) is 4.79 Å². The van der Waals surface area contributed by atoms with Gasteiger partial charge in [-0.05, 0) is 25.1 Å². The molecule has 2 aromatic rings. The van der Waals surface area contributed by atoms with Crippen LogP contribution in [0.1, 0.15) is 22.5 Å². The lowest BCUT2D eigenvalue weighted by molar-refractivity contribution is -0.116. The van der Waals surface area contributed by atoms with Crippen LogP contribution in [0, 0.1) is 6.92 Å². The summed E-state index contributed by atoms with van der Waals surface area (Å²) in [5, 5.41) is 15.3. The fraction of sp³-hybridized carbons (Fsp3) is 0.214. The van der Waals surface area contributed by atoms with Gasteiger partial charge in [0.25, 0.3) is 0 Å². The third-order valence-electron chi connectivity index (χ3n) is 2.76. The van der Waals surface area contributed by atoms with Gasteiger partial charge in [-0.15, -0.1) is 0 Å². The van der Waals surface area contributed by atoms with Gasteiger partial charge in [0.1, 0.15) is 0 Å². The molecule has 0 fully saturated rings. The first-order valence-electron chi connectivity index (χ1n) is 6.18. The van der Waals surface area contributed by atoms with Crippen LogP contribution in [-0.4, -0.2) is 26.8 Å². The summed E-state index contributed by atoms with van der Waals surface area (Å²) in [4.78, 5) is 22.4. The Morgan fingerprint density at radius 3 is 2.55 bits per heavy atom. The van der Waals surface area contributed by atoms with E-state index in [-0.39, 0.29) is 18.0 Å². The summed E-state index contributed by atoms with van der Waals surface area (Å²) in [6.45, 7) is 2.31. The standard InChI is InChI=1S/C14H15N3O3/c1-10-2-4-11(5-3-10)15-13(18)7-9-17-8-6-12(16-17)14(19)20/h2-6,8H,7,9H2,1H3,(H,15,18)(H,19,20). The van der Waals surface area contributed by atoms with Crippen LogP contribution in [0.3, 0.4) is 0 Å². The number of carbonyl (C=O) groups excluding carboxylic acids is 1. The molecule has 1 aromatic heterocycles. The number of amides is 1. The smallest absolute Gasteiger partial charge is 0.356 e. The number of aromatic nitrogens is 2. The van der Waals surface area contributed by atoms with Crippen molar-refractivity contribution in [3.8, 4) is 0 Å². The second kappa shape index (κ2) is 6.01. The molecule has 0 aliphatic heterocycles. The summed E-state index contributed by atoms with van der Waals surface area (Å²) in [5.74, 6) is -1.21. The van der Waals surface area contributed by atoms with E-state index in [4.69, 9.17) is 5.11 Å². The minimum atomic E-state index is -1.08. The van der Waals surface area contributed by atoms with E-state index in [1.54, 1.807) is 6.20 Å². The van der Waals surface area contributed by atoms with Gasteiger partial charge in [-0.1, -0.05) is 17.7 Å². The van der Waals surface area contributed by atoms with Crippen molar-refractivity contribution in [2.75, 3.05) is 5.32 Å². The van der Waals surface area contributed by atoms with Gasteiger partial charge in [0.05, 0.1) is 0 Å². The zero-order chi connectivity index (χ0) is 14.5. The molecule has 2 N–H and O–H groups in total. The van der Waals surface area contributed by atoms with Gasteiger partial charge < -0.3 is 10.4 Å². The second-order valence-electron chi connectivity index (χ2n) is 4.43. The Morgan fingerprint density at radius 1 is 1.25 bits per heavy atom. The molecule has 0 aliphatic carbocycles. The van der Waals surface area contributed by atoms with Crippen LogP contribution in [0.25, 0.3) is 0 Å². The number of anilines is 1. The van der Waals surface area contributed by atoms with Crippen molar-refractivity contribution in [2.45, 2.75) is 19.9 Å². The number of benzene rings is 1. The molecular weight excluding hydrogens is 258 g/mol. The number of hydrogen-bond acceptors (Lipinski definition) is 3. The fourth-order valence-electron chi connectivity index (χ4n) is 1.68. The highest BCUT2D eigenvalue weighted by molar-refractivity contribution is 5.90. The van der Waals surface area contributed by atoms with E-state index in [1.807, 2.05) is 31.2 Å². The number of rotatable bonds is 5. The predicted octanol–water partition coefficient (Wildman–Crippen LogP) is 1.92. The molecule has 0 saturated heterocycles. The number of nitrogens with one attached hydrogen (secondary N) is 1. The molecule has 20 heavy (non-hydrogen) atoms. The van der Waals surface area contributed by atoms with E-state index in [0.717, 1.165) is 11.3 Å². The summed E-state index contributed by atoms with van der Waals surface area (Å²) in [6, 6.07) is 8.91. The average molecular weight is 273 g/mol. The number of hydrogen-bond donors (Lipinski definition) is 2. The molecule has 1 amide bonds. The first-order chi connectivity index (χ1) is 9.54. The first-order valence-corrected chi connectivity index (χ1v) is 6.18. The Bertz CT molecular complexity index is 617. The molecule has 1 aromatic carbocycles. The lowest BCUT2D eigenvalue weighted by Gasteiger charge is -2.05. The molecule has 2 rings (SSSR count). The molecule has 6 heteroatoms. The Labute approximate surface area is 116 Å². The lowest BCUT2D eigenvalue weighted by atomic mass is 10.2. The quantitative estimate of drug-likeness (QED) is 0.871. The van der Waals surface area contributed by atoms with E-state index in [9.17, 15) is 9.59 Å². The summed E-state index contributed by atoms with van der Waals surface area (Å²) < 4.78 is 1.44. The molecule has 0 unspecified atom stereocenters. The maximum atomic E-state index is 11.7. The van der Waals surface area contributed by atoms with Crippen molar-refractivity contribution in [3.05, 3.63) is 47.8 Å². The van der Waals surface area contributed by atoms with Crippen LogP contribution >= 0.6 is 0 Å². The van der Waals surface area contributed by atoms with Crippen LogP contribution in [0.4, 0.5) is 5.69 Å². The number of carboxylic acids is 1. The topological polar surface area (TPSA) is 84.2 Å². The number of carboxylic acid groups (broad SMARTS) is 1. The van der Waals surface area contributed by atoms with Crippen molar-refractivity contribution in [3.63, 3.8) is 0 Å². The number of nitrogens with zero attached hydrogens (tertiary/aromatic N) is 2. The summed E-state index contributed by atoms with van der Waals surface area (Å²) >= 11 is 0. The first kappa shape index (κ1) is 13.8. The summed E-state index contributed by atoms with van der Waals surface area (Å²) in [6.07, 6.45) is 1.78. The zero-order valence-electron chi connectivity index (χ0n) is 11.0. The highest BCUT2D eigenvalue weighted by Crippen LogP contribution is 2.09. The monoisotopic (exact) mass is 273 g/mol. The fourth-order valence-corrected chi connectivity index (χ4v) is 1.68. The van der Waals surface area contributed by atoms with Gasteiger partial charge in [0, 0.05) is 24.8 Å². The zero-order valence-corrected chi connectivity index (χ0v) is 11.0. The number of carbonyl (C=O) groups is 2. The van der Waals surface area contributed by atoms with Crippen molar-refractivity contribution in [1.82, 2.24) is 9.78 Å². The van der Waals surface area contributed by atoms with E-state index in [1.165, 1.54) is 10.7 Å². The van der Waals surface area contributed by atoms with Crippen molar-refractivity contribution < 1.29 is 14.7 Å². The van der Waals surface area contributed by atoms with E-state index >= 15 is 0 Å². The number of aromatic carboxylic acids is 1. The van der Waals surface area contributed by atoms with Crippen LogP contribution < -0.4 is 5.32 Å². The predicted molar refractivity (Wildman–Crippen MR) is 73.6 cm³/mol. The van der Waals surface area contributed by atoms with Crippen molar-refractivity contribution >= 4 is 17.6 Å². The number of aryl methyl sites for hydroxylation is 2. The van der Waals surface area contributed by atoms with Gasteiger partial charge in [-0.2, -0.15) is 5.10 Å². The third-order valence-corrected chi connectivity index (χ3v) is 2.76. The maximum absolute atomic E-state index is 11.7. The third kappa shape index (κ3) is 3.68. The molecular formula is C14H15N3O3. The Kier molecular flexibility index (Phi) is 4.14. The second-order valence-corrected chi connectivity index (χ2v) is 4.43. The van der Waals surface area contributed by atoms with Gasteiger partial charge in [-0.3, -0.25) is 9.48 Å². The van der Waals surface area contributed by atoms with Crippen LogP contribution in [-0.2, 0) is 11.3 Å². The Hall–Kier alpha value is -2.63. The SMILES string of the molecule is Cc1ccc(NC(=O)CCn2ccc(C(=O)O)n2)cc1. The molecule has 6 nitrogen and oxygen atoms in total. The largest absolute Gasteiger partial charge is 0.476 e. The van der Waals surface area contributed by atoms with Crippen LogP contribution in [0.2, 0.25) is 0 Å².